The minimum atomic E-state index is -0.117. The quantitative estimate of drug-likeness (QED) is 0.738. The molecule has 0 aliphatic rings. The van der Waals surface area contributed by atoms with E-state index < -0.39 is 0 Å². The number of aromatic hydroxyl groups is 1. The van der Waals surface area contributed by atoms with E-state index in [9.17, 15) is 9.90 Å². The molecule has 0 unspecified atom stereocenters. The number of hydrogen-bond acceptors (Lipinski definition) is 4. The second-order valence-corrected chi connectivity index (χ2v) is 3.10. The van der Waals surface area contributed by atoms with Crippen molar-refractivity contribution >= 4 is 12.0 Å². The molecule has 0 atom stereocenters. The molecule has 1 N–H and O–H groups in total. The first kappa shape index (κ1) is 10.4. The summed E-state index contributed by atoms with van der Waals surface area (Å²) in [7, 11) is 5.14. The summed E-state index contributed by atoms with van der Waals surface area (Å²) in [6.07, 6.45) is 0.602. The van der Waals surface area contributed by atoms with E-state index in [-0.39, 0.29) is 11.3 Å². The van der Waals surface area contributed by atoms with Gasteiger partial charge in [0.2, 0.25) is 0 Å². The third kappa shape index (κ3) is 1.79. The molecule has 0 aliphatic carbocycles. The van der Waals surface area contributed by atoms with Crippen LogP contribution >= 0.6 is 0 Å². The summed E-state index contributed by atoms with van der Waals surface area (Å²) in [4.78, 5) is 12.5. The summed E-state index contributed by atoms with van der Waals surface area (Å²) in [5, 5.41) is 9.52. The van der Waals surface area contributed by atoms with Crippen molar-refractivity contribution < 1.29 is 14.6 Å². The normalized spacial score (nSPS) is 9.64. The van der Waals surface area contributed by atoms with Crippen LogP contribution in [-0.2, 0) is 0 Å². The average Bonchev–Trinajstić information content (AvgIpc) is 2.17. The molecular formula is C10H13NO3. The summed E-state index contributed by atoms with van der Waals surface area (Å²) in [5.41, 5.74) is 1.04. The van der Waals surface area contributed by atoms with Gasteiger partial charge in [-0.3, -0.25) is 4.79 Å². The van der Waals surface area contributed by atoms with Gasteiger partial charge in [-0.2, -0.15) is 0 Å². The maximum atomic E-state index is 10.6. The maximum Gasteiger partial charge on any atom is 0.168 e. The molecule has 0 amide bonds. The number of anilines is 1. The number of aldehydes is 1. The predicted molar refractivity (Wildman–Crippen MR) is 54.4 cm³/mol. The van der Waals surface area contributed by atoms with E-state index in [4.69, 9.17) is 4.74 Å². The molecule has 0 fully saturated rings. The van der Waals surface area contributed by atoms with Gasteiger partial charge in [0.15, 0.2) is 17.8 Å². The van der Waals surface area contributed by atoms with Crippen molar-refractivity contribution in [2.24, 2.45) is 0 Å². The smallest absolute Gasteiger partial charge is 0.168 e. The van der Waals surface area contributed by atoms with E-state index in [0.29, 0.717) is 12.0 Å². The minimum Gasteiger partial charge on any atom is -0.504 e. The van der Waals surface area contributed by atoms with Crippen LogP contribution in [0.25, 0.3) is 0 Å². The summed E-state index contributed by atoms with van der Waals surface area (Å²) in [5.74, 6) is 0.186. The average molecular weight is 195 g/mol. The lowest BCUT2D eigenvalue weighted by molar-refractivity contribution is 0.112. The summed E-state index contributed by atoms with van der Waals surface area (Å²) in [6.45, 7) is 0. The molecule has 0 radical (unpaired) electrons. The number of rotatable bonds is 3. The zero-order valence-electron chi connectivity index (χ0n) is 8.44. The molecule has 1 rings (SSSR count). The second-order valence-electron chi connectivity index (χ2n) is 3.10. The van der Waals surface area contributed by atoms with Crippen molar-refractivity contribution in [1.29, 1.82) is 0 Å². The molecular weight excluding hydrogens is 182 g/mol. The fraction of sp³-hybridized carbons (Fsp3) is 0.300. The number of hydrogen-bond donors (Lipinski definition) is 1. The summed E-state index contributed by atoms with van der Waals surface area (Å²) >= 11 is 0. The molecule has 0 spiro atoms. The zero-order valence-corrected chi connectivity index (χ0v) is 8.44. The third-order valence-corrected chi connectivity index (χ3v) is 1.95. The fourth-order valence-corrected chi connectivity index (χ4v) is 1.12. The zero-order chi connectivity index (χ0) is 10.7. The lowest BCUT2D eigenvalue weighted by Crippen LogP contribution is -2.09. The molecule has 4 nitrogen and oxygen atoms in total. The standard InChI is InChI=1S/C10H13NO3/c1-11(2)8-4-7(6-12)10(13)9(5-8)14-3/h4-6,13H,1-3H3. The molecule has 4 heteroatoms. The first-order chi connectivity index (χ1) is 6.60. The highest BCUT2D eigenvalue weighted by molar-refractivity contribution is 5.83. The molecule has 76 valence electrons. The monoisotopic (exact) mass is 195 g/mol. The van der Waals surface area contributed by atoms with Crippen LogP contribution in [0, 0.1) is 0 Å². The number of carbonyl (C=O) groups is 1. The Morgan fingerprint density at radius 1 is 1.43 bits per heavy atom. The van der Waals surface area contributed by atoms with Gasteiger partial charge in [-0.1, -0.05) is 0 Å². The van der Waals surface area contributed by atoms with Crippen LogP contribution in [0.15, 0.2) is 12.1 Å². The van der Waals surface area contributed by atoms with Crippen molar-refractivity contribution in [3.8, 4) is 11.5 Å². The van der Waals surface area contributed by atoms with E-state index in [1.807, 2.05) is 19.0 Å². The van der Waals surface area contributed by atoms with Gasteiger partial charge in [0.1, 0.15) is 0 Å². The SMILES string of the molecule is COc1cc(N(C)C)cc(C=O)c1O. The highest BCUT2D eigenvalue weighted by atomic mass is 16.5. The van der Waals surface area contributed by atoms with E-state index in [1.54, 1.807) is 12.1 Å². The Balaban J connectivity index is 3.31. The molecule has 14 heavy (non-hydrogen) atoms. The van der Waals surface area contributed by atoms with Gasteiger partial charge in [0.25, 0.3) is 0 Å². The Morgan fingerprint density at radius 3 is 2.50 bits per heavy atom. The van der Waals surface area contributed by atoms with Gasteiger partial charge in [-0.05, 0) is 6.07 Å². The molecule has 0 heterocycles. The van der Waals surface area contributed by atoms with Crippen LogP contribution in [-0.4, -0.2) is 32.6 Å². The first-order valence-corrected chi connectivity index (χ1v) is 4.13. The van der Waals surface area contributed by atoms with E-state index in [2.05, 4.69) is 0 Å². The predicted octanol–water partition coefficient (Wildman–Crippen LogP) is 1.28. The minimum absolute atomic E-state index is 0.117. The van der Waals surface area contributed by atoms with Crippen LogP contribution in [0.1, 0.15) is 10.4 Å². The highest BCUT2D eigenvalue weighted by Crippen LogP contribution is 2.33. The van der Waals surface area contributed by atoms with Gasteiger partial charge in [-0.15, -0.1) is 0 Å². The van der Waals surface area contributed by atoms with Crippen molar-refractivity contribution in [1.82, 2.24) is 0 Å². The van der Waals surface area contributed by atoms with Gasteiger partial charge in [0.05, 0.1) is 12.7 Å². The Hall–Kier alpha value is -1.71. The van der Waals surface area contributed by atoms with Gasteiger partial charge < -0.3 is 14.7 Å². The molecule has 0 aromatic heterocycles. The number of benzene rings is 1. The molecule has 0 saturated heterocycles. The van der Waals surface area contributed by atoms with Crippen molar-refractivity contribution in [3.63, 3.8) is 0 Å². The first-order valence-electron chi connectivity index (χ1n) is 4.13. The highest BCUT2D eigenvalue weighted by Gasteiger charge is 2.10. The van der Waals surface area contributed by atoms with E-state index in [1.165, 1.54) is 7.11 Å². The van der Waals surface area contributed by atoms with Crippen molar-refractivity contribution in [2.45, 2.75) is 0 Å². The Kier molecular flexibility index (Phi) is 2.96. The largest absolute Gasteiger partial charge is 0.504 e. The van der Waals surface area contributed by atoms with E-state index in [0.717, 1.165) is 5.69 Å². The van der Waals surface area contributed by atoms with Gasteiger partial charge >= 0.3 is 0 Å². The number of ether oxygens (including phenoxy) is 1. The molecule has 0 bridgehead atoms. The maximum absolute atomic E-state index is 10.6. The topological polar surface area (TPSA) is 49.8 Å². The van der Waals surface area contributed by atoms with Gasteiger partial charge in [-0.25, -0.2) is 0 Å². The van der Waals surface area contributed by atoms with Crippen LogP contribution in [0.3, 0.4) is 0 Å². The molecule has 0 saturated carbocycles. The summed E-state index contributed by atoms with van der Waals surface area (Å²) in [6, 6.07) is 3.27. The second kappa shape index (κ2) is 4.00. The number of methoxy groups -OCH3 is 1. The van der Waals surface area contributed by atoms with E-state index >= 15 is 0 Å². The molecule has 1 aromatic rings. The fourth-order valence-electron chi connectivity index (χ4n) is 1.12. The third-order valence-electron chi connectivity index (χ3n) is 1.95. The number of phenols is 1. The number of carbonyl (C=O) groups excluding carboxylic acids is 1. The molecule has 1 aromatic carbocycles. The lowest BCUT2D eigenvalue weighted by atomic mass is 10.1. The Morgan fingerprint density at radius 2 is 2.07 bits per heavy atom. The van der Waals surface area contributed by atoms with Gasteiger partial charge in [0, 0.05) is 25.8 Å². The molecule has 0 aliphatic heterocycles. The van der Waals surface area contributed by atoms with Crippen molar-refractivity contribution in [2.75, 3.05) is 26.1 Å². The van der Waals surface area contributed by atoms with Crippen LogP contribution < -0.4 is 9.64 Å². The Bertz CT molecular complexity index is 347. The van der Waals surface area contributed by atoms with Crippen LogP contribution in [0.2, 0.25) is 0 Å². The number of phenolic OH excluding ortho intramolecular Hbond substituents is 1. The lowest BCUT2D eigenvalue weighted by Gasteiger charge is -2.15. The summed E-state index contributed by atoms with van der Waals surface area (Å²) < 4.78 is 4.94. The van der Waals surface area contributed by atoms with Crippen LogP contribution in [0.4, 0.5) is 5.69 Å². The van der Waals surface area contributed by atoms with Crippen molar-refractivity contribution in [3.05, 3.63) is 17.7 Å². The van der Waals surface area contributed by atoms with Crippen LogP contribution in [0.5, 0.6) is 11.5 Å². The Labute approximate surface area is 82.7 Å². The number of nitrogens with zero attached hydrogens (tertiary/aromatic N) is 1.